The van der Waals surface area contributed by atoms with Gasteiger partial charge in [0.1, 0.15) is 6.04 Å². The first-order valence-corrected chi connectivity index (χ1v) is 8.31. The molecule has 0 aromatic heterocycles. The molecule has 0 radical (unpaired) electrons. The van der Waals surface area contributed by atoms with Crippen LogP contribution in [0.3, 0.4) is 0 Å². The number of halogens is 1. The highest BCUT2D eigenvalue weighted by molar-refractivity contribution is 6.32. The number of likely N-dealkylation sites (tertiary alicyclic amines) is 1. The number of hydrogen-bond donors (Lipinski definition) is 1. The van der Waals surface area contributed by atoms with E-state index in [1.807, 2.05) is 13.8 Å². The first kappa shape index (κ1) is 18.4. The van der Waals surface area contributed by atoms with Gasteiger partial charge in [-0.05, 0) is 45.2 Å². The average Bonchev–Trinajstić information content (AvgIpc) is 2.55. The number of carboxylic acids is 1. The van der Waals surface area contributed by atoms with Gasteiger partial charge in [-0.2, -0.15) is 0 Å². The van der Waals surface area contributed by atoms with Crippen molar-refractivity contribution >= 4 is 23.5 Å². The minimum absolute atomic E-state index is 0.101. The molecule has 0 bridgehead atoms. The predicted molar refractivity (Wildman–Crippen MR) is 90.1 cm³/mol. The first-order chi connectivity index (χ1) is 11.3. The SMILES string of the molecule is COc1cc(C(=O)N2CCCC[C@H]2C(=O)O)cc(Cl)c1OC(C)C. The zero-order valence-corrected chi connectivity index (χ0v) is 14.8. The molecule has 1 aliphatic rings. The predicted octanol–water partition coefficient (Wildman–Crippen LogP) is 3.22. The van der Waals surface area contributed by atoms with Crippen molar-refractivity contribution in [3.63, 3.8) is 0 Å². The fraction of sp³-hybridized carbons (Fsp3) is 0.529. The Balaban J connectivity index is 2.35. The van der Waals surface area contributed by atoms with Gasteiger partial charge in [0.2, 0.25) is 0 Å². The molecule has 1 fully saturated rings. The lowest BCUT2D eigenvalue weighted by atomic mass is 10.0. The van der Waals surface area contributed by atoms with Gasteiger partial charge in [-0.15, -0.1) is 0 Å². The van der Waals surface area contributed by atoms with Crippen molar-refractivity contribution < 1.29 is 24.2 Å². The van der Waals surface area contributed by atoms with Gasteiger partial charge in [0.25, 0.3) is 5.91 Å². The van der Waals surface area contributed by atoms with E-state index in [0.717, 1.165) is 12.8 Å². The largest absolute Gasteiger partial charge is 0.493 e. The Hall–Kier alpha value is -1.95. The number of rotatable bonds is 5. The summed E-state index contributed by atoms with van der Waals surface area (Å²) in [4.78, 5) is 25.6. The fourth-order valence-electron chi connectivity index (χ4n) is 2.79. The Bertz CT molecular complexity index is 632. The van der Waals surface area contributed by atoms with Crippen molar-refractivity contribution in [2.45, 2.75) is 45.3 Å². The summed E-state index contributed by atoms with van der Waals surface area (Å²) in [7, 11) is 1.47. The summed E-state index contributed by atoms with van der Waals surface area (Å²) in [5, 5.41) is 9.60. The van der Waals surface area contributed by atoms with E-state index in [9.17, 15) is 14.7 Å². The molecule has 1 aliphatic heterocycles. The van der Waals surface area contributed by atoms with E-state index >= 15 is 0 Å². The highest BCUT2D eigenvalue weighted by Crippen LogP contribution is 2.37. The van der Waals surface area contributed by atoms with Crippen LogP contribution < -0.4 is 9.47 Å². The van der Waals surface area contributed by atoms with Crippen LogP contribution in [0.2, 0.25) is 5.02 Å². The quantitative estimate of drug-likeness (QED) is 0.877. The number of ether oxygens (including phenoxy) is 2. The van der Waals surface area contributed by atoms with E-state index in [-0.39, 0.29) is 17.0 Å². The molecule has 6 nitrogen and oxygen atoms in total. The van der Waals surface area contributed by atoms with Crippen molar-refractivity contribution in [3.8, 4) is 11.5 Å². The maximum atomic E-state index is 12.8. The van der Waals surface area contributed by atoms with E-state index in [4.69, 9.17) is 21.1 Å². The number of benzene rings is 1. The highest BCUT2D eigenvalue weighted by Gasteiger charge is 2.33. The van der Waals surface area contributed by atoms with Crippen molar-refractivity contribution in [2.75, 3.05) is 13.7 Å². The van der Waals surface area contributed by atoms with Crippen LogP contribution in [0.15, 0.2) is 12.1 Å². The van der Waals surface area contributed by atoms with Gasteiger partial charge < -0.3 is 19.5 Å². The molecule has 2 rings (SSSR count). The van der Waals surface area contributed by atoms with E-state index in [1.54, 1.807) is 6.07 Å². The molecule has 1 saturated heterocycles. The molecule has 1 aromatic carbocycles. The van der Waals surface area contributed by atoms with Crippen LogP contribution in [0.5, 0.6) is 11.5 Å². The molecule has 1 heterocycles. The molecule has 7 heteroatoms. The fourth-order valence-corrected chi connectivity index (χ4v) is 3.05. The van der Waals surface area contributed by atoms with Gasteiger partial charge in [-0.25, -0.2) is 4.79 Å². The third-order valence-electron chi connectivity index (χ3n) is 3.88. The van der Waals surface area contributed by atoms with Crippen LogP contribution in [-0.2, 0) is 4.79 Å². The topological polar surface area (TPSA) is 76.1 Å². The first-order valence-electron chi connectivity index (χ1n) is 7.93. The Morgan fingerprint density at radius 2 is 2.04 bits per heavy atom. The van der Waals surface area contributed by atoms with Gasteiger partial charge >= 0.3 is 5.97 Å². The number of nitrogens with zero attached hydrogens (tertiary/aromatic N) is 1. The normalized spacial score (nSPS) is 17.7. The smallest absolute Gasteiger partial charge is 0.326 e. The Morgan fingerprint density at radius 1 is 1.33 bits per heavy atom. The molecule has 1 aromatic rings. The molecule has 1 atom stereocenters. The van der Waals surface area contributed by atoms with Crippen molar-refractivity contribution in [1.82, 2.24) is 4.90 Å². The van der Waals surface area contributed by atoms with Gasteiger partial charge in [-0.1, -0.05) is 11.6 Å². The number of carbonyl (C=O) groups is 2. The summed E-state index contributed by atoms with van der Waals surface area (Å²) < 4.78 is 10.9. The van der Waals surface area contributed by atoms with Crippen molar-refractivity contribution in [1.29, 1.82) is 0 Å². The van der Waals surface area contributed by atoms with Crippen molar-refractivity contribution in [2.24, 2.45) is 0 Å². The van der Waals surface area contributed by atoms with Crippen LogP contribution in [0.4, 0.5) is 0 Å². The van der Waals surface area contributed by atoms with Crippen LogP contribution in [0.1, 0.15) is 43.5 Å². The summed E-state index contributed by atoms with van der Waals surface area (Å²) >= 11 is 6.25. The van der Waals surface area contributed by atoms with Gasteiger partial charge in [0.15, 0.2) is 11.5 Å². The van der Waals surface area contributed by atoms with Crippen LogP contribution in [-0.4, -0.2) is 47.7 Å². The summed E-state index contributed by atoms with van der Waals surface area (Å²) in [5.41, 5.74) is 0.293. The second kappa shape index (κ2) is 7.75. The van der Waals surface area contributed by atoms with E-state index in [1.165, 1.54) is 18.1 Å². The minimum atomic E-state index is -0.985. The summed E-state index contributed by atoms with van der Waals surface area (Å²) in [5.74, 6) is -0.623. The molecular formula is C17H22ClNO5. The zero-order valence-electron chi connectivity index (χ0n) is 14.0. The Morgan fingerprint density at radius 3 is 2.62 bits per heavy atom. The van der Waals surface area contributed by atoms with Gasteiger partial charge in [-0.3, -0.25) is 4.79 Å². The lowest BCUT2D eigenvalue weighted by Gasteiger charge is -2.33. The molecule has 132 valence electrons. The standard InChI is InChI=1S/C17H22ClNO5/c1-10(2)24-15-12(18)8-11(9-14(15)23-3)16(20)19-7-5-4-6-13(19)17(21)22/h8-10,13H,4-7H2,1-3H3,(H,21,22)/t13-/m0/s1. The average molecular weight is 356 g/mol. The lowest BCUT2D eigenvalue weighted by Crippen LogP contribution is -2.48. The molecular weight excluding hydrogens is 334 g/mol. The number of carbonyl (C=O) groups excluding carboxylic acids is 1. The third-order valence-corrected chi connectivity index (χ3v) is 4.16. The summed E-state index contributed by atoms with van der Waals surface area (Å²) in [6, 6.07) is 2.24. The van der Waals surface area contributed by atoms with Crippen molar-refractivity contribution in [3.05, 3.63) is 22.7 Å². The van der Waals surface area contributed by atoms with Crippen LogP contribution in [0, 0.1) is 0 Å². The Kier molecular flexibility index (Phi) is 5.94. The van der Waals surface area contributed by atoms with Gasteiger partial charge in [0, 0.05) is 12.1 Å². The monoisotopic (exact) mass is 355 g/mol. The number of hydrogen-bond acceptors (Lipinski definition) is 4. The Labute approximate surface area is 146 Å². The molecule has 0 saturated carbocycles. The highest BCUT2D eigenvalue weighted by atomic mass is 35.5. The number of piperidine rings is 1. The number of carboxylic acid groups (broad SMARTS) is 1. The zero-order chi connectivity index (χ0) is 17.9. The number of methoxy groups -OCH3 is 1. The van der Waals surface area contributed by atoms with E-state index in [2.05, 4.69) is 0 Å². The van der Waals surface area contributed by atoms with Gasteiger partial charge in [0.05, 0.1) is 18.2 Å². The third kappa shape index (κ3) is 3.93. The molecule has 24 heavy (non-hydrogen) atoms. The molecule has 0 spiro atoms. The maximum Gasteiger partial charge on any atom is 0.326 e. The molecule has 1 amide bonds. The molecule has 0 unspecified atom stereocenters. The van der Waals surface area contributed by atoms with Crippen LogP contribution in [0.25, 0.3) is 0 Å². The van der Waals surface area contributed by atoms with Crippen LogP contribution >= 0.6 is 11.6 Å². The van der Waals surface area contributed by atoms with E-state index < -0.39 is 12.0 Å². The number of amides is 1. The van der Waals surface area contributed by atoms with E-state index in [0.29, 0.717) is 30.0 Å². The maximum absolute atomic E-state index is 12.8. The second-order valence-corrected chi connectivity index (χ2v) is 6.41. The summed E-state index contributed by atoms with van der Waals surface area (Å²) in [6.45, 7) is 4.14. The lowest BCUT2D eigenvalue weighted by molar-refractivity contribution is -0.143. The molecule has 1 N–H and O–H groups in total. The minimum Gasteiger partial charge on any atom is -0.493 e. The second-order valence-electron chi connectivity index (χ2n) is 6.00. The summed E-state index contributed by atoms with van der Waals surface area (Å²) in [6.07, 6.45) is 1.94. The molecule has 0 aliphatic carbocycles. The number of aliphatic carboxylic acids is 1.